The molecular weight excluding hydrogens is 530 g/mol. The SMILES string of the molecule is COCCN(CC=CC(=O)N1CCC[C@@H](n2nc(-c3ccc(Oc4ccccc4)cc3)c3c(N)ncnc32)C1)C1CC1. The molecule has 0 spiro atoms. The molecule has 1 saturated carbocycles. The second kappa shape index (κ2) is 12.7. The molecule has 2 aliphatic rings. The first-order chi connectivity index (χ1) is 20.6. The lowest BCUT2D eigenvalue weighted by atomic mass is 10.1. The van der Waals surface area contributed by atoms with Crippen molar-refractivity contribution in [3.8, 4) is 22.8 Å². The molecule has 42 heavy (non-hydrogen) atoms. The number of amides is 1. The number of hydrogen-bond donors (Lipinski definition) is 1. The average Bonchev–Trinajstić information content (AvgIpc) is 3.79. The third-order valence-corrected chi connectivity index (χ3v) is 7.93. The van der Waals surface area contributed by atoms with Gasteiger partial charge in [0.2, 0.25) is 5.91 Å². The summed E-state index contributed by atoms with van der Waals surface area (Å²) in [4.78, 5) is 26.3. The molecule has 1 aliphatic heterocycles. The normalized spacial score (nSPS) is 17.4. The number of benzene rings is 2. The zero-order valence-electron chi connectivity index (χ0n) is 23.9. The smallest absolute Gasteiger partial charge is 0.246 e. The minimum Gasteiger partial charge on any atom is -0.457 e. The van der Waals surface area contributed by atoms with Crippen LogP contribution in [0.5, 0.6) is 11.5 Å². The van der Waals surface area contributed by atoms with Crippen LogP contribution in [0.15, 0.2) is 73.1 Å². The van der Waals surface area contributed by atoms with Crippen molar-refractivity contribution in [3.63, 3.8) is 0 Å². The number of ether oxygens (including phenoxy) is 2. The zero-order chi connectivity index (χ0) is 28.9. The Morgan fingerprint density at radius 2 is 1.86 bits per heavy atom. The van der Waals surface area contributed by atoms with Gasteiger partial charge in [-0.15, -0.1) is 0 Å². The van der Waals surface area contributed by atoms with Gasteiger partial charge in [0.1, 0.15) is 29.3 Å². The standard InChI is InChI=1S/C32H37N7O3/c1-41-20-19-37(24-13-14-24)17-6-10-28(40)38-18-5-7-25(21-38)39-32-29(31(33)34-22-35-32)30(36-39)23-11-15-27(16-12-23)42-26-8-3-2-4-9-26/h2-4,6,8-12,15-16,22,24-25H,5,7,13-14,17-21H2,1H3,(H2,33,34,35)/t25-/m1/s1. The third kappa shape index (κ3) is 6.29. The van der Waals surface area contributed by atoms with Gasteiger partial charge in [-0.3, -0.25) is 9.69 Å². The number of methoxy groups -OCH3 is 1. The molecule has 1 aliphatic carbocycles. The Morgan fingerprint density at radius 1 is 1.07 bits per heavy atom. The predicted molar refractivity (Wildman–Crippen MR) is 162 cm³/mol. The predicted octanol–water partition coefficient (Wildman–Crippen LogP) is 4.70. The molecule has 0 radical (unpaired) electrons. The molecule has 1 saturated heterocycles. The molecule has 4 aromatic rings. The number of hydrogen-bond acceptors (Lipinski definition) is 8. The van der Waals surface area contributed by atoms with Gasteiger partial charge in [-0.25, -0.2) is 14.6 Å². The molecule has 0 unspecified atom stereocenters. The van der Waals surface area contributed by atoms with Crippen molar-refractivity contribution in [2.75, 3.05) is 45.6 Å². The molecule has 218 valence electrons. The largest absolute Gasteiger partial charge is 0.457 e. The summed E-state index contributed by atoms with van der Waals surface area (Å²) >= 11 is 0. The highest BCUT2D eigenvalue weighted by molar-refractivity contribution is 5.98. The highest BCUT2D eigenvalue weighted by Gasteiger charge is 2.29. The molecule has 1 amide bonds. The van der Waals surface area contributed by atoms with Crippen LogP contribution in [0, 0.1) is 0 Å². The van der Waals surface area contributed by atoms with E-state index in [0.29, 0.717) is 41.7 Å². The summed E-state index contributed by atoms with van der Waals surface area (Å²) in [5.41, 5.74) is 8.65. The Labute approximate surface area is 245 Å². The molecule has 10 nitrogen and oxygen atoms in total. The Bertz CT molecular complexity index is 1530. The lowest BCUT2D eigenvalue weighted by molar-refractivity contribution is -0.127. The number of likely N-dealkylation sites (tertiary alicyclic amines) is 1. The van der Waals surface area contributed by atoms with Crippen molar-refractivity contribution in [1.29, 1.82) is 0 Å². The van der Waals surface area contributed by atoms with Crippen LogP contribution in [0.1, 0.15) is 31.7 Å². The number of nitrogens with zero attached hydrogens (tertiary/aromatic N) is 6. The molecule has 2 aromatic heterocycles. The van der Waals surface area contributed by atoms with Crippen LogP contribution in [0.25, 0.3) is 22.3 Å². The minimum atomic E-state index is -0.0213. The summed E-state index contributed by atoms with van der Waals surface area (Å²) in [7, 11) is 1.72. The molecule has 1 atom stereocenters. The van der Waals surface area contributed by atoms with E-state index >= 15 is 0 Å². The van der Waals surface area contributed by atoms with Crippen molar-refractivity contribution in [2.24, 2.45) is 0 Å². The molecular formula is C32H37N7O3. The summed E-state index contributed by atoms with van der Waals surface area (Å²) in [6.45, 7) is 3.63. The van der Waals surface area contributed by atoms with Crippen LogP contribution >= 0.6 is 0 Å². The van der Waals surface area contributed by atoms with Crippen LogP contribution in [-0.2, 0) is 9.53 Å². The number of aromatic nitrogens is 4. The van der Waals surface area contributed by atoms with Crippen molar-refractivity contribution in [1.82, 2.24) is 29.5 Å². The summed E-state index contributed by atoms with van der Waals surface area (Å²) in [5, 5.41) is 5.73. The molecule has 2 N–H and O–H groups in total. The summed E-state index contributed by atoms with van der Waals surface area (Å²) in [6, 6.07) is 18.0. The Hall–Kier alpha value is -4.28. The number of nitrogen functional groups attached to an aromatic ring is 1. The number of rotatable bonds is 11. The lowest BCUT2D eigenvalue weighted by Gasteiger charge is -2.32. The van der Waals surface area contributed by atoms with Gasteiger partial charge in [0.25, 0.3) is 0 Å². The monoisotopic (exact) mass is 567 g/mol. The van der Waals surface area contributed by atoms with Crippen LogP contribution < -0.4 is 10.5 Å². The van der Waals surface area contributed by atoms with E-state index in [0.717, 1.165) is 49.5 Å². The fraction of sp³-hybridized carbons (Fsp3) is 0.375. The van der Waals surface area contributed by atoms with Crippen molar-refractivity contribution in [3.05, 3.63) is 73.1 Å². The zero-order valence-corrected chi connectivity index (χ0v) is 23.9. The van der Waals surface area contributed by atoms with Gasteiger partial charge in [0.05, 0.1) is 18.0 Å². The molecule has 6 rings (SSSR count). The number of carbonyl (C=O) groups excluding carboxylic acids is 1. The first-order valence-electron chi connectivity index (χ1n) is 14.6. The summed E-state index contributed by atoms with van der Waals surface area (Å²) < 4.78 is 13.1. The fourth-order valence-electron chi connectivity index (χ4n) is 5.58. The molecule has 2 aromatic carbocycles. The number of anilines is 1. The first-order valence-corrected chi connectivity index (χ1v) is 14.6. The van der Waals surface area contributed by atoms with Crippen LogP contribution in [0.4, 0.5) is 5.82 Å². The van der Waals surface area contributed by atoms with E-state index in [4.69, 9.17) is 20.3 Å². The topological polar surface area (TPSA) is 112 Å². The molecule has 10 heteroatoms. The maximum atomic E-state index is 13.2. The minimum absolute atomic E-state index is 0.0213. The van der Waals surface area contributed by atoms with Gasteiger partial charge in [-0.1, -0.05) is 24.3 Å². The Kier molecular flexibility index (Phi) is 8.43. The quantitative estimate of drug-likeness (QED) is 0.260. The maximum absolute atomic E-state index is 13.2. The number of piperidine rings is 1. The van der Waals surface area contributed by atoms with Gasteiger partial charge in [0, 0.05) is 51.0 Å². The van der Waals surface area contributed by atoms with E-state index in [2.05, 4.69) is 14.9 Å². The number of fused-ring (bicyclic) bond motifs is 1. The maximum Gasteiger partial charge on any atom is 0.246 e. The van der Waals surface area contributed by atoms with E-state index in [1.165, 1.54) is 19.2 Å². The third-order valence-electron chi connectivity index (χ3n) is 7.93. The second-order valence-corrected chi connectivity index (χ2v) is 10.9. The van der Waals surface area contributed by atoms with E-state index in [9.17, 15) is 4.79 Å². The summed E-state index contributed by atoms with van der Waals surface area (Å²) in [5.74, 6) is 1.91. The Morgan fingerprint density at radius 3 is 2.62 bits per heavy atom. The Balaban J connectivity index is 1.19. The van der Waals surface area contributed by atoms with E-state index in [-0.39, 0.29) is 11.9 Å². The van der Waals surface area contributed by atoms with E-state index in [1.54, 1.807) is 13.2 Å². The highest BCUT2D eigenvalue weighted by Crippen LogP contribution is 2.35. The van der Waals surface area contributed by atoms with Gasteiger partial charge in [0.15, 0.2) is 5.65 Å². The van der Waals surface area contributed by atoms with Gasteiger partial charge in [-0.05, 0) is 62.1 Å². The lowest BCUT2D eigenvalue weighted by Crippen LogP contribution is -2.40. The number of carbonyl (C=O) groups is 1. The molecule has 3 heterocycles. The summed E-state index contributed by atoms with van der Waals surface area (Å²) in [6.07, 6.45) is 9.40. The number of nitrogens with two attached hydrogens (primary N) is 1. The van der Waals surface area contributed by atoms with Gasteiger partial charge >= 0.3 is 0 Å². The number of para-hydroxylation sites is 1. The van der Waals surface area contributed by atoms with Crippen LogP contribution in [0.3, 0.4) is 0 Å². The highest BCUT2D eigenvalue weighted by atomic mass is 16.5. The fourth-order valence-corrected chi connectivity index (χ4v) is 5.58. The second-order valence-electron chi connectivity index (χ2n) is 10.9. The average molecular weight is 568 g/mol. The van der Waals surface area contributed by atoms with Crippen LogP contribution in [0.2, 0.25) is 0 Å². The van der Waals surface area contributed by atoms with Gasteiger partial charge < -0.3 is 20.1 Å². The molecule has 0 bridgehead atoms. The van der Waals surface area contributed by atoms with Crippen molar-refractivity contribution in [2.45, 2.75) is 37.8 Å². The van der Waals surface area contributed by atoms with Gasteiger partial charge in [-0.2, -0.15) is 5.10 Å². The molecule has 2 fully saturated rings. The van der Waals surface area contributed by atoms with E-state index in [1.807, 2.05) is 70.3 Å². The van der Waals surface area contributed by atoms with Crippen LogP contribution in [-0.4, -0.2) is 81.4 Å². The first kappa shape index (κ1) is 27.9. The van der Waals surface area contributed by atoms with Crippen molar-refractivity contribution >= 4 is 22.8 Å². The van der Waals surface area contributed by atoms with Crippen molar-refractivity contribution < 1.29 is 14.3 Å². The van der Waals surface area contributed by atoms with E-state index < -0.39 is 0 Å².